The number of amides is 1. The van der Waals surface area contributed by atoms with Crippen LogP contribution in [0.4, 0.5) is 0 Å². The Kier molecular flexibility index (Phi) is 5.12. The van der Waals surface area contributed by atoms with E-state index in [0.29, 0.717) is 18.8 Å². The molecule has 0 saturated carbocycles. The topological polar surface area (TPSA) is 92.5 Å². The van der Waals surface area contributed by atoms with Crippen LogP contribution in [0.2, 0.25) is 0 Å². The van der Waals surface area contributed by atoms with E-state index < -0.39 is 15.9 Å². The van der Waals surface area contributed by atoms with Gasteiger partial charge in [0.05, 0.1) is 11.4 Å². The first-order chi connectivity index (χ1) is 10.3. The summed E-state index contributed by atoms with van der Waals surface area (Å²) in [6.45, 7) is 2.35. The molecule has 1 aromatic rings. The molecule has 1 amide bonds. The van der Waals surface area contributed by atoms with Crippen molar-refractivity contribution in [3.8, 4) is 0 Å². The van der Waals surface area contributed by atoms with Crippen LogP contribution >= 0.6 is 15.9 Å². The van der Waals surface area contributed by atoms with Crippen LogP contribution in [0.5, 0.6) is 0 Å². The van der Waals surface area contributed by atoms with E-state index in [1.54, 1.807) is 35.2 Å². The lowest BCUT2D eigenvalue weighted by molar-refractivity contribution is -0.118. The predicted molar refractivity (Wildman–Crippen MR) is 87.7 cm³/mol. The quantitative estimate of drug-likeness (QED) is 0.738. The van der Waals surface area contributed by atoms with Crippen LogP contribution in [0.15, 0.2) is 41.1 Å². The first-order valence-electron chi connectivity index (χ1n) is 6.75. The van der Waals surface area contributed by atoms with Gasteiger partial charge in [-0.3, -0.25) is 9.52 Å². The van der Waals surface area contributed by atoms with Gasteiger partial charge in [0, 0.05) is 11.4 Å². The molecule has 1 aromatic carbocycles. The van der Waals surface area contributed by atoms with Gasteiger partial charge < -0.3 is 10.6 Å². The largest absolute Gasteiger partial charge is 0.368 e. The summed E-state index contributed by atoms with van der Waals surface area (Å²) in [5.74, 6) is -0.128. The van der Waals surface area contributed by atoms with E-state index in [2.05, 4.69) is 20.7 Å². The van der Waals surface area contributed by atoms with Gasteiger partial charge >= 0.3 is 0 Å². The smallest absolute Gasteiger partial charge is 0.262 e. The lowest BCUT2D eigenvalue weighted by Gasteiger charge is -2.32. The highest BCUT2D eigenvalue weighted by atomic mass is 79.9. The fourth-order valence-corrected chi connectivity index (χ4v) is 3.78. The van der Waals surface area contributed by atoms with Gasteiger partial charge in [-0.2, -0.15) is 0 Å². The van der Waals surface area contributed by atoms with Crippen LogP contribution in [0.3, 0.4) is 0 Å². The Morgan fingerprint density at radius 1 is 1.41 bits per heavy atom. The van der Waals surface area contributed by atoms with E-state index in [-0.39, 0.29) is 16.3 Å². The molecule has 6 nitrogen and oxygen atoms in total. The van der Waals surface area contributed by atoms with E-state index in [9.17, 15) is 13.2 Å². The van der Waals surface area contributed by atoms with Gasteiger partial charge in [0.25, 0.3) is 10.0 Å². The van der Waals surface area contributed by atoms with Crippen LogP contribution in [0.1, 0.15) is 12.0 Å². The van der Waals surface area contributed by atoms with E-state index in [4.69, 9.17) is 5.73 Å². The molecule has 22 heavy (non-hydrogen) atoms. The third-order valence-electron chi connectivity index (χ3n) is 3.24. The maximum atomic E-state index is 12.4. The van der Waals surface area contributed by atoms with Gasteiger partial charge in [-0.1, -0.05) is 33.6 Å². The number of nitrogens with zero attached hydrogens (tertiary/aromatic N) is 1. The van der Waals surface area contributed by atoms with Crippen LogP contribution in [-0.4, -0.2) is 37.1 Å². The van der Waals surface area contributed by atoms with Crippen molar-refractivity contribution in [1.82, 2.24) is 9.62 Å². The number of hydrogen-bond donors (Lipinski definition) is 2. The minimum Gasteiger partial charge on any atom is -0.368 e. The highest BCUT2D eigenvalue weighted by Crippen LogP contribution is 2.20. The van der Waals surface area contributed by atoms with Crippen LogP contribution in [-0.2, 0) is 14.8 Å². The zero-order valence-electron chi connectivity index (χ0n) is 12.1. The third kappa shape index (κ3) is 4.23. The Morgan fingerprint density at radius 3 is 2.64 bits per heavy atom. The van der Waals surface area contributed by atoms with Gasteiger partial charge in [-0.05, 0) is 31.6 Å². The second-order valence-electron chi connectivity index (χ2n) is 5.19. The molecule has 3 N–H and O–H groups in total. The fourth-order valence-electron chi connectivity index (χ4n) is 2.14. The normalized spacial score (nSPS) is 18.7. The van der Waals surface area contributed by atoms with Gasteiger partial charge in [-0.15, -0.1) is 0 Å². The third-order valence-corrected chi connectivity index (χ3v) is 5.28. The lowest BCUT2D eigenvalue weighted by Crippen LogP contribution is -2.44. The lowest BCUT2D eigenvalue weighted by atomic mass is 10.2. The average molecular weight is 388 g/mol. The van der Waals surface area contributed by atoms with Crippen molar-refractivity contribution in [2.75, 3.05) is 13.1 Å². The molecule has 0 radical (unpaired) electrons. The maximum absolute atomic E-state index is 12.4. The van der Waals surface area contributed by atoms with Crippen molar-refractivity contribution in [3.05, 3.63) is 41.7 Å². The highest BCUT2D eigenvalue weighted by molar-refractivity contribution is 9.09. The molecule has 8 heteroatoms. The van der Waals surface area contributed by atoms with Crippen molar-refractivity contribution in [1.29, 1.82) is 0 Å². The molecule has 0 fully saturated rings. The van der Waals surface area contributed by atoms with Gasteiger partial charge in [0.15, 0.2) is 0 Å². The van der Waals surface area contributed by atoms with E-state index in [1.807, 2.05) is 6.92 Å². The Hall–Kier alpha value is -1.54. The number of sulfonamides is 1. The number of nitrogens with one attached hydrogen (secondary N) is 1. The Labute approximate surface area is 138 Å². The molecule has 2 rings (SSSR count). The molecule has 0 bridgehead atoms. The van der Waals surface area contributed by atoms with Crippen molar-refractivity contribution in [3.63, 3.8) is 0 Å². The SMILES string of the molecule is Cc1ccc(S(=O)(=O)NC2=CCC(Br)CN2CC(N)=O)cc1. The summed E-state index contributed by atoms with van der Waals surface area (Å²) < 4.78 is 27.4. The monoisotopic (exact) mass is 387 g/mol. The second kappa shape index (κ2) is 6.70. The summed E-state index contributed by atoms with van der Waals surface area (Å²) in [6, 6.07) is 6.57. The number of benzene rings is 1. The summed E-state index contributed by atoms with van der Waals surface area (Å²) >= 11 is 3.46. The standard InChI is InChI=1S/C14H18BrN3O3S/c1-10-2-5-12(6-3-10)22(20,21)17-14-7-4-11(15)8-18(14)9-13(16)19/h2-3,5-7,11,17H,4,8-9H2,1H3,(H2,16,19). The van der Waals surface area contributed by atoms with Crippen LogP contribution in [0, 0.1) is 6.92 Å². The summed E-state index contributed by atoms with van der Waals surface area (Å²) in [4.78, 5) is 13.1. The van der Waals surface area contributed by atoms with Gasteiger partial charge in [-0.25, -0.2) is 8.42 Å². The summed E-state index contributed by atoms with van der Waals surface area (Å²) in [5.41, 5.74) is 6.20. The molecule has 0 saturated heterocycles. The van der Waals surface area contributed by atoms with E-state index >= 15 is 0 Å². The zero-order valence-corrected chi connectivity index (χ0v) is 14.5. The first kappa shape index (κ1) is 16.8. The molecule has 0 aliphatic carbocycles. The summed E-state index contributed by atoms with van der Waals surface area (Å²) in [7, 11) is -3.69. The minimum absolute atomic E-state index is 0.0374. The van der Waals surface area contributed by atoms with Crippen LogP contribution < -0.4 is 10.5 Å². The van der Waals surface area contributed by atoms with Crippen molar-refractivity contribution >= 4 is 31.9 Å². The number of allylic oxidation sites excluding steroid dienone is 1. The molecule has 1 unspecified atom stereocenters. The molecule has 120 valence electrons. The number of aryl methyl sites for hydroxylation is 1. The first-order valence-corrected chi connectivity index (χ1v) is 9.15. The van der Waals surface area contributed by atoms with Gasteiger partial charge in [0.1, 0.15) is 5.82 Å². The number of halogens is 1. The molecular formula is C14H18BrN3O3S. The molecule has 1 heterocycles. The Bertz CT molecular complexity index is 686. The van der Waals surface area contributed by atoms with Crippen LogP contribution in [0.25, 0.3) is 0 Å². The van der Waals surface area contributed by atoms with Crippen molar-refractivity contribution in [2.45, 2.75) is 23.1 Å². The van der Waals surface area contributed by atoms with E-state index in [1.165, 1.54) is 0 Å². The zero-order chi connectivity index (χ0) is 16.3. The Morgan fingerprint density at radius 2 is 2.05 bits per heavy atom. The molecule has 1 aliphatic rings. The molecule has 1 atom stereocenters. The summed E-state index contributed by atoms with van der Waals surface area (Å²) in [5, 5.41) is 0. The van der Waals surface area contributed by atoms with Gasteiger partial charge in [0.2, 0.25) is 5.91 Å². The molecule has 1 aliphatic heterocycles. The average Bonchev–Trinajstić information content (AvgIpc) is 2.41. The fraction of sp³-hybridized carbons (Fsp3) is 0.357. The predicted octanol–water partition coefficient (Wildman–Crippen LogP) is 1.07. The molecular weight excluding hydrogens is 370 g/mol. The number of hydrogen-bond acceptors (Lipinski definition) is 4. The molecule has 0 spiro atoms. The number of primary amides is 1. The number of nitrogens with two attached hydrogens (primary N) is 1. The number of alkyl halides is 1. The number of carbonyl (C=O) groups is 1. The minimum atomic E-state index is -3.69. The van der Waals surface area contributed by atoms with Crippen molar-refractivity contribution in [2.24, 2.45) is 5.73 Å². The number of carbonyl (C=O) groups excluding carboxylic acids is 1. The Balaban J connectivity index is 2.22. The summed E-state index contributed by atoms with van der Waals surface area (Å²) in [6.07, 6.45) is 2.42. The second-order valence-corrected chi connectivity index (χ2v) is 8.17. The van der Waals surface area contributed by atoms with E-state index in [0.717, 1.165) is 5.56 Å². The van der Waals surface area contributed by atoms with Crippen molar-refractivity contribution < 1.29 is 13.2 Å². The highest BCUT2D eigenvalue weighted by Gasteiger charge is 2.24. The number of rotatable bonds is 5. The molecule has 0 aromatic heterocycles. The maximum Gasteiger partial charge on any atom is 0.262 e.